The molecule has 1 aliphatic heterocycles. The molecule has 2 amide bonds. The van der Waals surface area contributed by atoms with E-state index in [1.54, 1.807) is 0 Å². The van der Waals surface area contributed by atoms with E-state index in [4.69, 9.17) is 4.74 Å². The summed E-state index contributed by atoms with van der Waals surface area (Å²) in [6.07, 6.45) is 1.44. The molecule has 1 N–H and O–H groups in total. The van der Waals surface area contributed by atoms with Gasteiger partial charge in [0.2, 0.25) is 5.91 Å². The number of carbonyl (C=O) groups is 2. The van der Waals surface area contributed by atoms with Gasteiger partial charge in [-0.05, 0) is 48.8 Å². The number of hydrogen-bond donors (Lipinski definition) is 1. The van der Waals surface area contributed by atoms with Crippen LogP contribution in [0.4, 0.5) is 0 Å². The van der Waals surface area contributed by atoms with Gasteiger partial charge in [0.05, 0.1) is 0 Å². The largest absolute Gasteiger partial charge is 0.483 e. The molecule has 26 heavy (non-hydrogen) atoms. The normalized spacial score (nSPS) is 17.3. The Morgan fingerprint density at radius 1 is 1.27 bits per heavy atom. The van der Waals surface area contributed by atoms with Gasteiger partial charge in [0.1, 0.15) is 5.75 Å². The number of likely N-dealkylation sites (tertiary alicyclic amines) is 1. The summed E-state index contributed by atoms with van der Waals surface area (Å²) in [7, 11) is 0. The summed E-state index contributed by atoms with van der Waals surface area (Å²) in [4.78, 5) is 26.2. The minimum absolute atomic E-state index is 0.00692. The monoisotopic (exact) mass is 360 g/mol. The molecule has 1 atom stereocenters. The average Bonchev–Trinajstić information content (AvgIpc) is 3.01. The molecule has 1 aromatic carbocycles. The van der Waals surface area contributed by atoms with E-state index in [-0.39, 0.29) is 23.8 Å². The summed E-state index contributed by atoms with van der Waals surface area (Å²) in [6, 6.07) is 5.87. The van der Waals surface area contributed by atoms with Crippen LogP contribution in [0.1, 0.15) is 44.7 Å². The van der Waals surface area contributed by atoms with Crippen LogP contribution in [0.5, 0.6) is 5.75 Å². The Morgan fingerprint density at radius 3 is 2.69 bits per heavy atom. The van der Waals surface area contributed by atoms with E-state index in [0.29, 0.717) is 25.4 Å². The first-order valence-corrected chi connectivity index (χ1v) is 9.39. The standard InChI is InChI=1S/C21H32N2O3/c1-15-7-6-8-18(16(15)2)26-14-20(25)23-10-9-17(13-23)12-22-19(24)11-21(3,4)5/h6-8,17H,9-14H2,1-5H3,(H,22,24)/t17-/m1/s1. The fourth-order valence-corrected chi connectivity index (χ4v) is 3.14. The molecule has 0 unspecified atom stereocenters. The number of amides is 2. The Hall–Kier alpha value is -2.04. The summed E-state index contributed by atoms with van der Waals surface area (Å²) in [5.41, 5.74) is 2.22. The van der Waals surface area contributed by atoms with Gasteiger partial charge in [-0.2, -0.15) is 0 Å². The van der Waals surface area contributed by atoms with E-state index in [1.807, 2.05) is 36.9 Å². The van der Waals surface area contributed by atoms with Gasteiger partial charge in [-0.1, -0.05) is 32.9 Å². The van der Waals surface area contributed by atoms with Gasteiger partial charge in [0.25, 0.3) is 5.91 Å². The molecule has 5 nitrogen and oxygen atoms in total. The second-order valence-electron chi connectivity index (χ2n) is 8.52. The number of ether oxygens (including phenoxy) is 1. The molecular formula is C21H32N2O3. The molecule has 1 aliphatic rings. The van der Waals surface area contributed by atoms with Crippen LogP contribution in [0.15, 0.2) is 18.2 Å². The van der Waals surface area contributed by atoms with Gasteiger partial charge in [0, 0.05) is 26.1 Å². The van der Waals surface area contributed by atoms with Crippen LogP contribution in [0.25, 0.3) is 0 Å². The zero-order valence-electron chi connectivity index (χ0n) is 16.7. The first-order chi connectivity index (χ1) is 12.2. The molecule has 0 saturated carbocycles. The molecule has 0 aromatic heterocycles. The van der Waals surface area contributed by atoms with E-state index < -0.39 is 0 Å². The maximum Gasteiger partial charge on any atom is 0.260 e. The number of hydrogen-bond acceptors (Lipinski definition) is 3. The van der Waals surface area contributed by atoms with Crippen molar-refractivity contribution in [2.75, 3.05) is 26.2 Å². The van der Waals surface area contributed by atoms with E-state index in [0.717, 1.165) is 29.8 Å². The number of carbonyl (C=O) groups excluding carboxylic acids is 2. The van der Waals surface area contributed by atoms with Gasteiger partial charge in [-0.25, -0.2) is 0 Å². The third kappa shape index (κ3) is 6.04. The van der Waals surface area contributed by atoms with Gasteiger partial charge in [-0.3, -0.25) is 9.59 Å². The van der Waals surface area contributed by atoms with Crippen LogP contribution in [0.3, 0.4) is 0 Å². The molecule has 1 aromatic rings. The Kier molecular flexibility index (Phi) is 6.68. The second kappa shape index (κ2) is 8.56. The van der Waals surface area contributed by atoms with Crippen LogP contribution < -0.4 is 10.1 Å². The molecule has 0 spiro atoms. The Labute approximate surface area is 157 Å². The number of benzene rings is 1. The van der Waals surface area contributed by atoms with Crippen molar-refractivity contribution in [2.24, 2.45) is 11.3 Å². The van der Waals surface area contributed by atoms with E-state index in [1.165, 1.54) is 0 Å². The van der Waals surface area contributed by atoms with Crippen LogP contribution in [0.2, 0.25) is 0 Å². The highest BCUT2D eigenvalue weighted by atomic mass is 16.5. The molecule has 1 fully saturated rings. The van der Waals surface area contributed by atoms with Crippen LogP contribution in [0, 0.1) is 25.2 Å². The minimum Gasteiger partial charge on any atom is -0.483 e. The Balaban J connectivity index is 1.75. The molecule has 5 heteroatoms. The van der Waals surface area contributed by atoms with Gasteiger partial charge in [-0.15, -0.1) is 0 Å². The van der Waals surface area contributed by atoms with E-state index >= 15 is 0 Å². The highest BCUT2D eigenvalue weighted by Crippen LogP contribution is 2.22. The summed E-state index contributed by atoms with van der Waals surface area (Å²) in [5, 5.41) is 3.00. The topological polar surface area (TPSA) is 58.6 Å². The van der Waals surface area contributed by atoms with Crippen molar-refractivity contribution < 1.29 is 14.3 Å². The van der Waals surface area contributed by atoms with Crippen molar-refractivity contribution in [3.05, 3.63) is 29.3 Å². The Bertz CT molecular complexity index is 649. The first kappa shape index (κ1) is 20.3. The maximum atomic E-state index is 12.4. The third-order valence-electron chi connectivity index (χ3n) is 4.82. The lowest BCUT2D eigenvalue weighted by Gasteiger charge is -2.19. The molecule has 0 bridgehead atoms. The number of nitrogens with zero attached hydrogens (tertiary/aromatic N) is 1. The van der Waals surface area contributed by atoms with Crippen LogP contribution in [-0.2, 0) is 9.59 Å². The SMILES string of the molecule is Cc1cccc(OCC(=O)N2CC[C@H](CNC(=O)CC(C)(C)C)C2)c1C. The fraction of sp³-hybridized carbons (Fsp3) is 0.619. The molecule has 1 heterocycles. The Morgan fingerprint density at radius 2 is 2.00 bits per heavy atom. The van der Waals surface area contributed by atoms with Crippen molar-refractivity contribution in [1.82, 2.24) is 10.2 Å². The number of rotatable bonds is 6. The molecule has 0 aliphatic carbocycles. The molecule has 144 valence electrons. The molecule has 2 rings (SSSR count). The summed E-state index contributed by atoms with van der Waals surface area (Å²) in [5.74, 6) is 1.18. The smallest absolute Gasteiger partial charge is 0.260 e. The zero-order valence-corrected chi connectivity index (χ0v) is 16.7. The zero-order chi connectivity index (χ0) is 19.3. The molecule has 1 saturated heterocycles. The first-order valence-electron chi connectivity index (χ1n) is 9.39. The minimum atomic E-state index is -0.00692. The van der Waals surface area contributed by atoms with Crippen molar-refractivity contribution in [3.63, 3.8) is 0 Å². The summed E-state index contributed by atoms with van der Waals surface area (Å²) in [6.45, 7) is 12.3. The lowest BCUT2D eigenvalue weighted by Crippen LogP contribution is -2.36. The highest BCUT2D eigenvalue weighted by molar-refractivity contribution is 5.78. The van der Waals surface area contributed by atoms with E-state index in [9.17, 15) is 9.59 Å². The summed E-state index contributed by atoms with van der Waals surface area (Å²) < 4.78 is 5.72. The van der Waals surface area contributed by atoms with Crippen molar-refractivity contribution in [3.8, 4) is 5.75 Å². The van der Waals surface area contributed by atoms with Gasteiger partial charge in [0.15, 0.2) is 6.61 Å². The lowest BCUT2D eigenvalue weighted by atomic mass is 9.92. The van der Waals surface area contributed by atoms with E-state index in [2.05, 4.69) is 26.1 Å². The molecular weight excluding hydrogens is 328 g/mol. The third-order valence-corrected chi connectivity index (χ3v) is 4.82. The van der Waals surface area contributed by atoms with Gasteiger partial charge < -0.3 is 15.0 Å². The predicted molar refractivity (Wildman–Crippen MR) is 103 cm³/mol. The van der Waals surface area contributed by atoms with Crippen molar-refractivity contribution >= 4 is 11.8 Å². The predicted octanol–water partition coefficient (Wildman–Crippen LogP) is 3.08. The molecule has 0 radical (unpaired) electrons. The van der Waals surface area contributed by atoms with Crippen LogP contribution >= 0.6 is 0 Å². The maximum absolute atomic E-state index is 12.4. The quantitative estimate of drug-likeness (QED) is 0.848. The number of nitrogens with one attached hydrogen (secondary N) is 1. The van der Waals surface area contributed by atoms with Crippen LogP contribution in [-0.4, -0.2) is 43.0 Å². The fourth-order valence-electron chi connectivity index (χ4n) is 3.14. The highest BCUT2D eigenvalue weighted by Gasteiger charge is 2.27. The summed E-state index contributed by atoms with van der Waals surface area (Å²) >= 11 is 0. The lowest BCUT2D eigenvalue weighted by molar-refractivity contribution is -0.132. The van der Waals surface area contributed by atoms with Crippen molar-refractivity contribution in [1.29, 1.82) is 0 Å². The second-order valence-corrected chi connectivity index (χ2v) is 8.52. The average molecular weight is 360 g/mol. The number of aryl methyl sites for hydroxylation is 1. The van der Waals surface area contributed by atoms with Gasteiger partial charge >= 0.3 is 0 Å². The van der Waals surface area contributed by atoms with Crippen molar-refractivity contribution in [2.45, 2.75) is 47.5 Å².